The summed E-state index contributed by atoms with van der Waals surface area (Å²) < 4.78 is 15.1. The van der Waals surface area contributed by atoms with Gasteiger partial charge in [-0.1, -0.05) is 18.2 Å². The maximum atomic E-state index is 11.9. The van der Waals surface area contributed by atoms with Crippen LogP contribution in [0, 0.1) is 0 Å². The number of hydrogen-bond donors (Lipinski definition) is 0. The van der Waals surface area contributed by atoms with Gasteiger partial charge in [-0.15, -0.1) is 11.8 Å². The summed E-state index contributed by atoms with van der Waals surface area (Å²) in [6, 6.07) is 14.1. The highest BCUT2D eigenvalue weighted by Crippen LogP contribution is 2.29. The van der Waals surface area contributed by atoms with Gasteiger partial charge in [0.25, 0.3) is 0 Å². The smallest absolute Gasteiger partial charge is 0.337 e. The highest BCUT2D eigenvalue weighted by atomic mass is 32.2. The highest BCUT2D eigenvalue weighted by molar-refractivity contribution is 8.00. The lowest BCUT2D eigenvalue weighted by atomic mass is 10.2. The SMILES string of the molecule is COC(=O)c1ccc(OC(=O)CSc2ccccc2)c(OC)c1. The second kappa shape index (κ2) is 8.24. The van der Waals surface area contributed by atoms with Crippen LogP contribution in [-0.4, -0.2) is 31.9 Å². The lowest BCUT2D eigenvalue weighted by molar-refractivity contribution is -0.131. The zero-order valence-electron chi connectivity index (χ0n) is 12.8. The number of rotatable bonds is 6. The van der Waals surface area contributed by atoms with E-state index in [1.807, 2.05) is 30.3 Å². The van der Waals surface area contributed by atoms with Crippen LogP contribution in [0.5, 0.6) is 11.5 Å². The Bertz CT molecular complexity index is 685. The number of esters is 2. The molecule has 2 aromatic rings. The van der Waals surface area contributed by atoms with E-state index in [1.54, 1.807) is 0 Å². The molecule has 0 atom stereocenters. The minimum Gasteiger partial charge on any atom is -0.493 e. The summed E-state index contributed by atoms with van der Waals surface area (Å²) in [6.45, 7) is 0. The van der Waals surface area contributed by atoms with E-state index in [0.717, 1.165) is 4.90 Å². The number of carbonyl (C=O) groups is 2. The summed E-state index contributed by atoms with van der Waals surface area (Å²) >= 11 is 1.38. The van der Waals surface area contributed by atoms with E-state index in [0.29, 0.717) is 11.3 Å². The van der Waals surface area contributed by atoms with Gasteiger partial charge in [0.1, 0.15) is 0 Å². The number of benzene rings is 2. The Hall–Kier alpha value is -2.47. The second-order valence-corrected chi connectivity index (χ2v) is 5.48. The minimum absolute atomic E-state index is 0.173. The Morgan fingerprint density at radius 3 is 2.39 bits per heavy atom. The van der Waals surface area contributed by atoms with Crippen LogP contribution in [0.25, 0.3) is 0 Å². The van der Waals surface area contributed by atoms with Crippen molar-refractivity contribution in [1.82, 2.24) is 0 Å². The van der Waals surface area contributed by atoms with Gasteiger partial charge in [-0.05, 0) is 30.3 Å². The van der Waals surface area contributed by atoms with Crippen molar-refractivity contribution in [3.8, 4) is 11.5 Å². The highest BCUT2D eigenvalue weighted by Gasteiger charge is 2.14. The van der Waals surface area contributed by atoms with Crippen LogP contribution in [0.4, 0.5) is 0 Å². The lowest BCUT2D eigenvalue weighted by Gasteiger charge is -2.10. The fraction of sp³-hybridized carbons (Fsp3) is 0.176. The molecule has 0 N–H and O–H groups in total. The summed E-state index contributed by atoms with van der Waals surface area (Å²) in [5, 5.41) is 0. The molecule has 0 aliphatic carbocycles. The van der Waals surface area contributed by atoms with Gasteiger partial charge in [-0.25, -0.2) is 4.79 Å². The molecule has 0 saturated carbocycles. The first-order chi connectivity index (χ1) is 11.1. The van der Waals surface area contributed by atoms with Crippen LogP contribution < -0.4 is 9.47 Å². The minimum atomic E-state index is -0.485. The third kappa shape index (κ3) is 4.75. The molecule has 120 valence electrons. The van der Waals surface area contributed by atoms with Gasteiger partial charge < -0.3 is 14.2 Å². The molecule has 0 fully saturated rings. The fourth-order valence-corrected chi connectivity index (χ4v) is 2.50. The van der Waals surface area contributed by atoms with Gasteiger partial charge in [-0.3, -0.25) is 4.79 Å². The third-order valence-electron chi connectivity index (χ3n) is 2.91. The summed E-state index contributed by atoms with van der Waals surface area (Å²) in [5.41, 5.74) is 0.322. The molecule has 6 heteroatoms. The average molecular weight is 332 g/mol. The van der Waals surface area contributed by atoms with E-state index >= 15 is 0 Å². The lowest BCUT2D eigenvalue weighted by Crippen LogP contribution is -2.12. The fourth-order valence-electron chi connectivity index (χ4n) is 1.81. The van der Waals surface area contributed by atoms with E-state index in [-0.39, 0.29) is 11.5 Å². The van der Waals surface area contributed by atoms with Crippen LogP contribution in [0.2, 0.25) is 0 Å². The molecule has 5 nitrogen and oxygen atoms in total. The first-order valence-corrected chi connectivity index (χ1v) is 7.77. The Balaban J connectivity index is 2.01. The summed E-state index contributed by atoms with van der Waals surface area (Å²) in [7, 11) is 2.73. The largest absolute Gasteiger partial charge is 0.493 e. The molecule has 0 aromatic heterocycles. The summed E-state index contributed by atoms with van der Waals surface area (Å²) in [6.07, 6.45) is 0. The number of hydrogen-bond acceptors (Lipinski definition) is 6. The van der Waals surface area contributed by atoms with Crippen LogP contribution >= 0.6 is 11.8 Å². The van der Waals surface area contributed by atoms with Crippen LogP contribution in [0.15, 0.2) is 53.4 Å². The molecule has 0 heterocycles. The Morgan fingerprint density at radius 1 is 1.00 bits per heavy atom. The van der Waals surface area contributed by atoms with Crippen LogP contribution in [0.3, 0.4) is 0 Å². The van der Waals surface area contributed by atoms with Gasteiger partial charge in [0.15, 0.2) is 11.5 Å². The second-order valence-electron chi connectivity index (χ2n) is 4.43. The van der Waals surface area contributed by atoms with E-state index in [2.05, 4.69) is 4.74 Å². The van der Waals surface area contributed by atoms with Crippen molar-refractivity contribution in [2.45, 2.75) is 4.90 Å². The Kier molecular flexibility index (Phi) is 6.05. The first-order valence-electron chi connectivity index (χ1n) is 6.79. The summed E-state index contributed by atoms with van der Waals surface area (Å²) in [4.78, 5) is 24.4. The molecule has 2 aromatic carbocycles. The van der Waals surface area contributed by atoms with Crippen molar-refractivity contribution in [2.24, 2.45) is 0 Å². The molecule has 0 bridgehead atoms. The third-order valence-corrected chi connectivity index (χ3v) is 3.89. The van der Waals surface area contributed by atoms with Gasteiger partial charge in [0.2, 0.25) is 0 Å². The standard InChI is InChI=1S/C17H16O5S/c1-20-15-10-12(17(19)21-2)8-9-14(15)22-16(18)11-23-13-6-4-3-5-7-13/h3-10H,11H2,1-2H3. The van der Waals surface area contributed by atoms with Gasteiger partial charge >= 0.3 is 11.9 Å². The van der Waals surface area contributed by atoms with E-state index in [4.69, 9.17) is 9.47 Å². The number of thioether (sulfide) groups is 1. The number of methoxy groups -OCH3 is 2. The van der Waals surface area contributed by atoms with E-state index in [1.165, 1.54) is 44.2 Å². The molecule has 0 unspecified atom stereocenters. The molecule has 0 spiro atoms. The Labute approximate surface area is 138 Å². The number of ether oxygens (including phenoxy) is 3. The molecule has 0 amide bonds. The molecule has 0 aliphatic heterocycles. The normalized spacial score (nSPS) is 10.0. The van der Waals surface area contributed by atoms with Crippen molar-refractivity contribution < 1.29 is 23.8 Å². The molecular formula is C17H16O5S. The predicted octanol–water partition coefficient (Wildman–Crippen LogP) is 3.18. The number of carbonyl (C=O) groups excluding carboxylic acids is 2. The van der Waals surface area contributed by atoms with Gasteiger partial charge in [0, 0.05) is 4.90 Å². The van der Waals surface area contributed by atoms with Crippen molar-refractivity contribution >= 4 is 23.7 Å². The van der Waals surface area contributed by atoms with Gasteiger partial charge in [0.05, 0.1) is 25.5 Å². The van der Waals surface area contributed by atoms with E-state index in [9.17, 15) is 9.59 Å². The molecule has 0 saturated heterocycles. The van der Waals surface area contributed by atoms with Crippen molar-refractivity contribution in [3.05, 3.63) is 54.1 Å². The quantitative estimate of drug-likeness (QED) is 0.460. The average Bonchev–Trinajstić information content (AvgIpc) is 2.60. The maximum absolute atomic E-state index is 11.9. The zero-order chi connectivity index (χ0) is 16.7. The maximum Gasteiger partial charge on any atom is 0.337 e. The Morgan fingerprint density at radius 2 is 1.74 bits per heavy atom. The first kappa shape index (κ1) is 16.9. The van der Waals surface area contributed by atoms with Gasteiger partial charge in [-0.2, -0.15) is 0 Å². The van der Waals surface area contributed by atoms with Crippen molar-refractivity contribution in [2.75, 3.05) is 20.0 Å². The molecule has 0 aliphatic rings. The van der Waals surface area contributed by atoms with Crippen molar-refractivity contribution in [3.63, 3.8) is 0 Å². The van der Waals surface area contributed by atoms with Crippen LogP contribution in [-0.2, 0) is 9.53 Å². The zero-order valence-corrected chi connectivity index (χ0v) is 13.6. The van der Waals surface area contributed by atoms with Crippen LogP contribution in [0.1, 0.15) is 10.4 Å². The van der Waals surface area contributed by atoms with Crippen molar-refractivity contribution in [1.29, 1.82) is 0 Å². The predicted molar refractivity (Wildman–Crippen MR) is 87.1 cm³/mol. The monoisotopic (exact) mass is 332 g/mol. The molecular weight excluding hydrogens is 316 g/mol. The topological polar surface area (TPSA) is 61.8 Å². The molecule has 23 heavy (non-hydrogen) atoms. The molecule has 2 rings (SSSR count). The molecule has 0 radical (unpaired) electrons. The summed E-state index contributed by atoms with van der Waals surface area (Å²) in [5.74, 6) is -0.153. The van der Waals surface area contributed by atoms with E-state index < -0.39 is 11.9 Å².